The Bertz CT molecular complexity index is 508. The number of benzene rings is 1. The van der Waals surface area contributed by atoms with Crippen LogP contribution in [0.5, 0.6) is 5.75 Å². The average Bonchev–Trinajstić information content (AvgIpc) is 2.63. The lowest BCUT2D eigenvalue weighted by Crippen LogP contribution is -1.98. The lowest BCUT2D eigenvalue weighted by Gasteiger charge is -2.05. The van der Waals surface area contributed by atoms with Gasteiger partial charge in [0.05, 0.1) is 0 Å². The van der Waals surface area contributed by atoms with Gasteiger partial charge in [0.2, 0.25) is 0 Å². The smallest absolute Gasteiger partial charge is 0.166 e. The van der Waals surface area contributed by atoms with E-state index < -0.39 is 5.82 Å². The molecule has 0 aliphatic heterocycles. The van der Waals surface area contributed by atoms with E-state index in [1.54, 1.807) is 6.07 Å². The fourth-order valence-electron chi connectivity index (χ4n) is 1.02. The molecule has 84 valence electrons. The second kappa shape index (κ2) is 5.07. The van der Waals surface area contributed by atoms with Crippen molar-refractivity contribution in [2.45, 2.75) is 6.61 Å². The first-order valence-corrected chi connectivity index (χ1v) is 6.16. The predicted molar refractivity (Wildman–Crippen MR) is 63.4 cm³/mol. The SMILES string of the molecule is Fc1cc(Br)ccc1OCc1nnsc1Cl. The largest absolute Gasteiger partial charge is 0.484 e. The number of hydrogen-bond donors (Lipinski definition) is 0. The standard InChI is InChI=1S/C9H5BrClFN2OS/c10-5-1-2-8(6(12)3-5)15-4-7-9(11)16-14-13-7/h1-3H,4H2. The van der Waals surface area contributed by atoms with Gasteiger partial charge < -0.3 is 4.74 Å². The van der Waals surface area contributed by atoms with E-state index in [4.69, 9.17) is 16.3 Å². The molecule has 0 saturated carbocycles. The third-order valence-corrected chi connectivity index (χ3v) is 3.25. The third kappa shape index (κ3) is 2.69. The van der Waals surface area contributed by atoms with Gasteiger partial charge in [0.1, 0.15) is 16.6 Å². The second-order valence-electron chi connectivity index (χ2n) is 2.86. The first kappa shape index (κ1) is 11.8. The number of aromatic nitrogens is 2. The molecule has 0 unspecified atom stereocenters. The summed E-state index contributed by atoms with van der Waals surface area (Å²) in [5, 5.41) is 3.76. The summed E-state index contributed by atoms with van der Waals surface area (Å²) in [6.07, 6.45) is 0. The van der Waals surface area contributed by atoms with E-state index in [0.717, 1.165) is 11.5 Å². The minimum atomic E-state index is -0.436. The van der Waals surface area contributed by atoms with Crippen LogP contribution in [-0.2, 0) is 6.61 Å². The minimum absolute atomic E-state index is 0.105. The van der Waals surface area contributed by atoms with Crippen LogP contribution in [-0.4, -0.2) is 9.59 Å². The quantitative estimate of drug-likeness (QED) is 0.864. The molecule has 2 aromatic rings. The molecule has 0 atom stereocenters. The molecule has 0 radical (unpaired) electrons. The Kier molecular flexibility index (Phi) is 3.73. The molecule has 1 aromatic carbocycles. The molecular weight excluding hydrogens is 319 g/mol. The number of nitrogens with zero attached hydrogens (tertiary/aromatic N) is 2. The fraction of sp³-hybridized carbons (Fsp3) is 0.111. The van der Waals surface area contributed by atoms with Crippen molar-refractivity contribution in [3.63, 3.8) is 0 Å². The molecular formula is C9H5BrClFN2OS. The van der Waals surface area contributed by atoms with Crippen LogP contribution >= 0.6 is 39.1 Å². The van der Waals surface area contributed by atoms with Crippen molar-refractivity contribution >= 4 is 39.1 Å². The van der Waals surface area contributed by atoms with Gasteiger partial charge in [-0.25, -0.2) is 4.39 Å². The zero-order valence-corrected chi connectivity index (χ0v) is 10.9. The highest BCUT2D eigenvalue weighted by Gasteiger charge is 2.08. The highest BCUT2D eigenvalue weighted by molar-refractivity contribution is 9.10. The molecule has 16 heavy (non-hydrogen) atoms. The van der Waals surface area contributed by atoms with E-state index in [1.807, 2.05) is 0 Å². The zero-order chi connectivity index (χ0) is 11.5. The summed E-state index contributed by atoms with van der Waals surface area (Å²) < 4.78 is 23.4. The van der Waals surface area contributed by atoms with E-state index >= 15 is 0 Å². The molecule has 0 amide bonds. The molecule has 2 rings (SSSR count). The Balaban J connectivity index is 2.08. The van der Waals surface area contributed by atoms with E-state index in [2.05, 4.69) is 25.5 Å². The van der Waals surface area contributed by atoms with Gasteiger partial charge in [-0.05, 0) is 18.2 Å². The van der Waals surface area contributed by atoms with Crippen LogP contribution in [0.4, 0.5) is 4.39 Å². The van der Waals surface area contributed by atoms with Crippen LogP contribution in [0, 0.1) is 5.82 Å². The van der Waals surface area contributed by atoms with E-state index in [1.165, 1.54) is 12.1 Å². The monoisotopic (exact) mass is 322 g/mol. The van der Waals surface area contributed by atoms with Crippen molar-refractivity contribution in [3.05, 3.63) is 38.5 Å². The van der Waals surface area contributed by atoms with Gasteiger partial charge in [0.15, 0.2) is 11.6 Å². The first-order chi connectivity index (χ1) is 7.66. The maximum Gasteiger partial charge on any atom is 0.166 e. The van der Waals surface area contributed by atoms with E-state index in [0.29, 0.717) is 14.5 Å². The summed E-state index contributed by atoms with van der Waals surface area (Å²) in [5.74, 6) is -0.277. The van der Waals surface area contributed by atoms with Crippen LogP contribution in [0.2, 0.25) is 4.34 Å². The molecule has 3 nitrogen and oxygen atoms in total. The maximum atomic E-state index is 13.4. The Hall–Kier alpha value is -0.720. The molecule has 0 aliphatic rings. The first-order valence-electron chi connectivity index (χ1n) is 4.21. The van der Waals surface area contributed by atoms with Crippen molar-refractivity contribution in [3.8, 4) is 5.75 Å². The van der Waals surface area contributed by atoms with E-state index in [9.17, 15) is 4.39 Å². The molecule has 1 aromatic heterocycles. The Morgan fingerprint density at radius 3 is 2.94 bits per heavy atom. The average molecular weight is 324 g/mol. The minimum Gasteiger partial charge on any atom is -0.484 e. The summed E-state index contributed by atoms with van der Waals surface area (Å²) in [4.78, 5) is 0. The normalized spacial score (nSPS) is 10.4. The van der Waals surface area contributed by atoms with Gasteiger partial charge in [-0.1, -0.05) is 32.0 Å². The zero-order valence-electron chi connectivity index (χ0n) is 7.78. The van der Waals surface area contributed by atoms with Crippen LogP contribution < -0.4 is 4.74 Å². The number of hydrogen-bond acceptors (Lipinski definition) is 4. The third-order valence-electron chi connectivity index (χ3n) is 1.77. The maximum absolute atomic E-state index is 13.4. The van der Waals surface area contributed by atoms with Gasteiger partial charge in [-0.3, -0.25) is 0 Å². The van der Waals surface area contributed by atoms with Gasteiger partial charge in [-0.15, -0.1) is 5.10 Å². The van der Waals surface area contributed by atoms with Crippen molar-refractivity contribution in [2.75, 3.05) is 0 Å². The topological polar surface area (TPSA) is 35.0 Å². The molecule has 0 bridgehead atoms. The van der Waals surface area contributed by atoms with E-state index in [-0.39, 0.29) is 12.4 Å². The molecule has 0 spiro atoms. The summed E-state index contributed by atoms with van der Waals surface area (Å²) in [6.45, 7) is 0.105. The van der Waals surface area contributed by atoms with Gasteiger partial charge in [0, 0.05) is 16.0 Å². The molecule has 1 heterocycles. The van der Waals surface area contributed by atoms with Crippen LogP contribution in [0.1, 0.15) is 5.69 Å². The molecule has 0 N–H and O–H groups in total. The van der Waals surface area contributed by atoms with Crippen LogP contribution in [0.25, 0.3) is 0 Å². The highest BCUT2D eigenvalue weighted by Crippen LogP contribution is 2.24. The Labute approximate surface area is 108 Å². The summed E-state index contributed by atoms with van der Waals surface area (Å²) >= 11 is 10.0. The fourth-order valence-corrected chi connectivity index (χ4v) is 1.96. The van der Waals surface area contributed by atoms with Gasteiger partial charge >= 0.3 is 0 Å². The second-order valence-corrected chi connectivity index (χ2v) is 5.13. The highest BCUT2D eigenvalue weighted by atomic mass is 79.9. The molecule has 0 saturated heterocycles. The van der Waals surface area contributed by atoms with Gasteiger partial charge in [-0.2, -0.15) is 0 Å². The summed E-state index contributed by atoms with van der Waals surface area (Å²) in [6, 6.07) is 4.56. The lowest BCUT2D eigenvalue weighted by atomic mass is 10.3. The van der Waals surface area contributed by atoms with Crippen LogP contribution in [0.3, 0.4) is 0 Å². The number of ether oxygens (including phenoxy) is 1. The summed E-state index contributed by atoms with van der Waals surface area (Å²) in [7, 11) is 0. The predicted octanol–water partition coefficient (Wildman–Crippen LogP) is 3.67. The van der Waals surface area contributed by atoms with Crippen LogP contribution in [0.15, 0.2) is 22.7 Å². The Morgan fingerprint density at radius 2 is 2.31 bits per heavy atom. The summed E-state index contributed by atoms with van der Waals surface area (Å²) in [5.41, 5.74) is 0.508. The van der Waals surface area contributed by atoms with Crippen molar-refractivity contribution in [1.82, 2.24) is 9.59 Å². The molecule has 0 fully saturated rings. The van der Waals surface area contributed by atoms with Crippen molar-refractivity contribution < 1.29 is 9.13 Å². The Morgan fingerprint density at radius 1 is 1.50 bits per heavy atom. The number of rotatable bonds is 3. The van der Waals surface area contributed by atoms with Crippen molar-refractivity contribution in [2.24, 2.45) is 0 Å². The number of halogens is 3. The molecule has 7 heteroatoms. The van der Waals surface area contributed by atoms with Crippen molar-refractivity contribution in [1.29, 1.82) is 0 Å². The lowest BCUT2D eigenvalue weighted by molar-refractivity contribution is 0.286. The van der Waals surface area contributed by atoms with Gasteiger partial charge in [0.25, 0.3) is 0 Å². The molecule has 0 aliphatic carbocycles.